The fraction of sp³-hybridized carbons (Fsp3) is 0.455. The summed E-state index contributed by atoms with van der Waals surface area (Å²) in [5, 5.41) is 2.96. The van der Waals surface area contributed by atoms with Crippen LogP contribution in [0.2, 0.25) is 0 Å². The Labute approximate surface area is 94.5 Å². The maximum absolute atomic E-state index is 13.4. The van der Waals surface area contributed by atoms with Crippen LogP contribution in [0.4, 0.5) is 15.8 Å². The highest BCUT2D eigenvalue weighted by molar-refractivity contribution is 5.62. The Balaban J connectivity index is 2.64. The second kappa shape index (κ2) is 6.17. The number of nitrogens with one attached hydrogen (secondary N) is 1. The maximum atomic E-state index is 13.4. The standard InChI is InChI=1S/C11H17FN2O2/c1-15-5-3-4-14-10-7-11(16-2)9(13)6-8(10)12/h6-7,14H,3-5,13H2,1-2H3. The Morgan fingerprint density at radius 1 is 1.38 bits per heavy atom. The van der Waals surface area contributed by atoms with E-state index >= 15 is 0 Å². The molecule has 0 spiro atoms. The molecule has 0 amide bonds. The number of anilines is 2. The van der Waals surface area contributed by atoms with Crippen molar-refractivity contribution >= 4 is 11.4 Å². The fourth-order valence-corrected chi connectivity index (χ4v) is 1.32. The Morgan fingerprint density at radius 2 is 2.12 bits per heavy atom. The number of benzene rings is 1. The first kappa shape index (κ1) is 12.6. The highest BCUT2D eigenvalue weighted by Gasteiger charge is 2.07. The van der Waals surface area contributed by atoms with Crippen molar-refractivity contribution in [1.82, 2.24) is 0 Å². The zero-order valence-electron chi connectivity index (χ0n) is 9.55. The van der Waals surface area contributed by atoms with Gasteiger partial charge < -0.3 is 20.5 Å². The number of nitrogens with two attached hydrogens (primary N) is 1. The van der Waals surface area contributed by atoms with E-state index in [4.69, 9.17) is 15.2 Å². The summed E-state index contributed by atoms with van der Waals surface area (Å²) in [5.74, 6) is 0.0892. The van der Waals surface area contributed by atoms with E-state index in [0.717, 1.165) is 6.42 Å². The van der Waals surface area contributed by atoms with Gasteiger partial charge in [0.25, 0.3) is 0 Å². The lowest BCUT2D eigenvalue weighted by Crippen LogP contribution is -2.07. The van der Waals surface area contributed by atoms with Crippen LogP contribution < -0.4 is 15.8 Å². The van der Waals surface area contributed by atoms with E-state index < -0.39 is 0 Å². The molecule has 0 saturated heterocycles. The van der Waals surface area contributed by atoms with Crippen molar-refractivity contribution < 1.29 is 13.9 Å². The third-order valence-corrected chi connectivity index (χ3v) is 2.16. The first-order valence-electron chi connectivity index (χ1n) is 5.05. The molecule has 0 saturated carbocycles. The van der Waals surface area contributed by atoms with Crippen molar-refractivity contribution in [2.45, 2.75) is 6.42 Å². The average molecular weight is 228 g/mol. The molecule has 1 aromatic rings. The normalized spacial score (nSPS) is 10.2. The molecule has 1 aromatic carbocycles. The van der Waals surface area contributed by atoms with Crippen molar-refractivity contribution in [3.8, 4) is 5.75 Å². The van der Waals surface area contributed by atoms with Crippen molar-refractivity contribution in [1.29, 1.82) is 0 Å². The van der Waals surface area contributed by atoms with Gasteiger partial charge in [0.05, 0.1) is 18.5 Å². The minimum Gasteiger partial charge on any atom is -0.495 e. The highest BCUT2D eigenvalue weighted by Crippen LogP contribution is 2.28. The fourth-order valence-electron chi connectivity index (χ4n) is 1.32. The minimum atomic E-state index is -0.379. The second-order valence-corrected chi connectivity index (χ2v) is 3.35. The van der Waals surface area contributed by atoms with Gasteiger partial charge in [-0.2, -0.15) is 0 Å². The molecule has 0 aliphatic carbocycles. The molecule has 0 bridgehead atoms. The van der Waals surface area contributed by atoms with Gasteiger partial charge in [-0.05, 0) is 6.42 Å². The summed E-state index contributed by atoms with van der Waals surface area (Å²) in [7, 11) is 3.13. The molecule has 0 radical (unpaired) electrons. The summed E-state index contributed by atoms with van der Waals surface area (Å²) in [5.41, 5.74) is 6.25. The van der Waals surface area contributed by atoms with Crippen molar-refractivity contribution in [2.24, 2.45) is 0 Å². The van der Waals surface area contributed by atoms with E-state index in [1.807, 2.05) is 0 Å². The van der Waals surface area contributed by atoms with E-state index in [2.05, 4.69) is 5.32 Å². The van der Waals surface area contributed by atoms with E-state index in [1.54, 1.807) is 13.2 Å². The van der Waals surface area contributed by atoms with Crippen LogP contribution >= 0.6 is 0 Å². The molecule has 5 heteroatoms. The van der Waals surface area contributed by atoms with E-state index in [9.17, 15) is 4.39 Å². The molecule has 0 atom stereocenters. The number of halogens is 1. The topological polar surface area (TPSA) is 56.5 Å². The predicted octanol–water partition coefficient (Wildman–Crippen LogP) is 1.86. The lowest BCUT2D eigenvalue weighted by atomic mass is 10.2. The first-order chi connectivity index (χ1) is 7.69. The number of rotatable bonds is 6. The number of hydrogen-bond donors (Lipinski definition) is 2. The van der Waals surface area contributed by atoms with E-state index in [-0.39, 0.29) is 5.82 Å². The third kappa shape index (κ3) is 3.27. The lowest BCUT2D eigenvalue weighted by Gasteiger charge is -2.11. The molecule has 4 nitrogen and oxygen atoms in total. The molecular formula is C11H17FN2O2. The highest BCUT2D eigenvalue weighted by atomic mass is 19.1. The lowest BCUT2D eigenvalue weighted by molar-refractivity contribution is 0.197. The summed E-state index contributed by atoms with van der Waals surface area (Å²) < 4.78 is 23.4. The van der Waals surface area contributed by atoms with Gasteiger partial charge >= 0.3 is 0 Å². The molecule has 0 fully saturated rings. The smallest absolute Gasteiger partial charge is 0.148 e. The molecule has 16 heavy (non-hydrogen) atoms. The van der Waals surface area contributed by atoms with Crippen LogP contribution in [-0.4, -0.2) is 27.4 Å². The molecule has 0 unspecified atom stereocenters. The molecule has 90 valence electrons. The number of methoxy groups -OCH3 is 2. The summed E-state index contributed by atoms with van der Waals surface area (Å²) >= 11 is 0. The van der Waals surface area contributed by atoms with Gasteiger partial charge in [-0.1, -0.05) is 0 Å². The van der Waals surface area contributed by atoms with E-state index in [1.165, 1.54) is 13.2 Å². The van der Waals surface area contributed by atoms with Crippen LogP contribution in [0.15, 0.2) is 12.1 Å². The predicted molar refractivity (Wildman–Crippen MR) is 62.3 cm³/mol. The average Bonchev–Trinajstić information content (AvgIpc) is 2.27. The second-order valence-electron chi connectivity index (χ2n) is 3.35. The summed E-state index contributed by atoms with van der Waals surface area (Å²) in [6.07, 6.45) is 0.808. The van der Waals surface area contributed by atoms with Crippen LogP contribution in [0.5, 0.6) is 5.75 Å². The first-order valence-corrected chi connectivity index (χ1v) is 5.05. The van der Waals surface area contributed by atoms with Gasteiger partial charge in [0.15, 0.2) is 0 Å². The molecule has 0 aliphatic rings. The molecule has 0 aromatic heterocycles. The van der Waals surface area contributed by atoms with Crippen LogP contribution in [0, 0.1) is 5.82 Å². The zero-order chi connectivity index (χ0) is 12.0. The third-order valence-electron chi connectivity index (χ3n) is 2.16. The Bertz CT molecular complexity index is 345. The monoisotopic (exact) mass is 228 g/mol. The molecule has 0 aliphatic heterocycles. The van der Waals surface area contributed by atoms with Gasteiger partial charge in [0.2, 0.25) is 0 Å². The van der Waals surface area contributed by atoms with Crippen molar-refractivity contribution in [3.63, 3.8) is 0 Å². The summed E-state index contributed by atoms with van der Waals surface area (Å²) in [6.45, 7) is 1.28. The largest absolute Gasteiger partial charge is 0.495 e. The molecule has 3 N–H and O–H groups in total. The van der Waals surface area contributed by atoms with Crippen LogP contribution in [0.3, 0.4) is 0 Å². The quantitative estimate of drug-likeness (QED) is 0.576. The van der Waals surface area contributed by atoms with Gasteiger partial charge in [-0.25, -0.2) is 4.39 Å². The molecular weight excluding hydrogens is 211 g/mol. The summed E-state index contributed by atoms with van der Waals surface area (Å²) in [6, 6.07) is 2.80. The van der Waals surface area contributed by atoms with Crippen LogP contribution in [0.25, 0.3) is 0 Å². The van der Waals surface area contributed by atoms with Gasteiger partial charge in [-0.3, -0.25) is 0 Å². The van der Waals surface area contributed by atoms with Gasteiger partial charge in [-0.15, -0.1) is 0 Å². The Hall–Kier alpha value is -1.49. The Morgan fingerprint density at radius 3 is 2.75 bits per heavy atom. The molecule has 1 rings (SSSR count). The SMILES string of the molecule is COCCCNc1cc(OC)c(N)cc1F. The minimum absolute atomic E-state index is 0.294. The van der Waals surface area contributed by atoms with E-state index in [0.29, 0.717) is 30.3 Å². The number of hydrogen-bond acceptors (Lipinski definition) is 4. The van der Waals surface area contributed by atoms with Crippen molar-refractivity contribution in [2.75, 3.05) is 38.4 Å². The van der Waals surface area contributed by atoms with Gasteiger partial charge in [0, 0.05) is 32.4 Å². The van der Waals surface area contributed by atoms with Crippen LogP contribution in [-0.2, 0) is 4.74 Å². The summed E-state index contributed by atoms with van der Waals surface area (Å²) in [4.78, 5) is 0. The number of nitrogen functional groups attached to an aromatic ring is 1. The number of ether oxygens (including phenoxy) is 2. The molecule has 0 heterocycles. The van der Waals surface area contributed by atoms with Crippen LogP contribution in [0.1, 0.15) is 6.42 Å². The Kier molecular flexibility index (Phi) is 4.85. The maximum Gasteiger partial charge on any atom is 0.148 e. The van der Waals surface area contributed by atoms with Crippen molar-refractivity contribution in [3.05, 3.63) is 17.9 Å². The van der Waals surface area contributed by atoms with Gasteiger partial charge in [0.1, 0.15) is 11.6 Å². The zero-order valence-corrected chi connectivity index (χ0v) is 9.55.